The van der Waals surface area contributed by atoms with E-state index in [0.717, 1.165) is 18.9 Å². The summed E-state index contributed by atoms with van der Waals surface area (Å²) in [4.78, 5) is 3.82. The third kappa shape index (κ3) is 2.91. The lowest BCUT2D eigenvalue weighted by Gasteiger charge is -2.13. The first-order chi connectivity index (χ1) is 7.91. The molecule has 1 aromatic heterocycles. The summed E-state index contributed by atoms with van der Waals surface area (Å²) >= 11 is 3.01. The Labute approximate surface area is 106 Å². The fourth-order valence-corrected chi connectivity index (χ4v) is 2.15. The minimum absolute atomic E-state index is 0.0679. The highest BCUT2D eigenvalue weighted by molar-refractivity contribution is 9.10. The van der Waals surface area contributed by atoms with Gasteiger partial charge < -0.3 is 5.32 Å². The molecule has 2 atom stereocenters. The number of nitrogens with zero attached hydrogens (tertiary/aromatic N) is 1. The summed E-state index contributed by atoms with van der Waals surface area (Å²) < 4.78 is 38.7. The van der Waals surface area contributed by atoms with Crippen LogP contribution in [0.2, 0.25) is 0 Å². The molecule has 1 N–H and O–H groups in total. The summed E-state index contributed by atoms with van der Waals surface area (Å²) in [6, 6.07) is 1.19. The van der Waals surface area contributed by atoms with Gasteiger partial charge in [0.05, 0.1) is 5.56 Å². The predicted molar refractivity (Wildman–Crippen MR) is 62.7 cm³/mol. The smallest absolute Gasteiger partial charge is 0.367 e. The van der Waals surface area contributed by atoms with Gasteiger partial charge in [-0.1, -0.05) is 13.3 Å². The van der Waals surface area contributed by atoms with Crippen LogP contribution in [0.25, 0.3) is 0 Å². The standard InChI is InChI=1S/C11H12BrF3N2/c1-2-6-3-9(6)17-10-8(11(13,14)15)4-7(12)5-16-10/h4-6,9H,2-3H2,1H3,(H,16,17). The molecule has 1 aliphatic carbocycles. The normalized spacial score (nSPS) is 23.6. The first-order valence-corrected chi connectivity index (χ1v) is 6.20. The molecule has 0 radical (unpaired) electrons. The number of hydrogen-bond donors (Lipinski definition) is 1. The van der Waals surface area contributed by atoms with Gasteiger partial charge in [0.25, 0.3) is 0 Å². The van der Waals surface area contributed by atoms with Gasteiger partial charge in [0.1, 0.15) is 5.82 Å². The van der Waals surface area contributed by atoms with Crippen molar-refractivity contribution in [3.8, 4) is 0 Å². The van der Waals surface area contributed by atoms with Crippen LogP contribution in [0.5, 0.6) is 0 Å². The average Bonchev–Trinajstić information content (AvgIpc) is 2.98. The highest BCUT2D eigenvalue weighted by atomic mass is 79.9. The zero-order chi connectivity index (χ0) is 12.6. The summed E-state index contributed by atoms with van der Waals surface area (Å²) in [6.07, 6.45) is -1.10. The van der Waals surface area contributed by atoms with Crippen molar-refractivity contribution in [1.82, 2.24) is 4.98 Å². The zero-order valence-corrected chi connectivity index (χ0v) is 10.8. The number of anilines is 1. The van der Waals surface area contributed by atoms with Crippen molar-refractivity contribution in [1.29, 1.82) is 0 Å². The predicted octanol–water partition coefficient (Wildman–Crippen LogP) is 4.07. The molecule has 1 fully saturated rings. The van der Waals surface area contributed by atoms with E-state index in [9.17, 15) is 13.2 Å². The van der Waals surface area contributed by atoms with Gasteiger partial charge in [-0.15, -0.1) is 0 Å². The van der Waals surface area contributed by atoms with E-state index in [1.54, 1.807) is 0 Å². The van der Waals surface area contributed by atoms with Gasteiger partial charge in [-0.05, 0) is 34.3 Å². The fourth-order valence-electron chi connectivity index (χ4n) is 1.82. The fraction of sp³-hybridized carbons (Fsp3) is 0.545. The minimum Gasteiger partial charge on any atom is -0.367 e. The summed E-state index contributed by atoms with van der Waals surface area (Å²) in [6.45, 7) is 2.03. The Hall–Kier alpha value is -0.780. The van der Waals surface area contributed by atoms with E-state index >= 15 is 0 Å². The summed E-state index contributed by atoms with van der Waals surface area (Å²) in [5, 5.41) is 2.87. The number of halogens is 4. The molecule has 2 unspecified atom stereocenters. The van der Waals surface area contributed by atoms with E-state index in [4.69, 9.17) is 0 Å². The first-order valence-electron chi connectivity index (χ1n) is 5.41. The lowest BCUT2D eigenvalue weighted by molar-refractivity contribution is -0.137. The average molecular weight is 309 g/mol. The van der Waals surface area contributed by atoms with E-state index in [-0.39, 0.29) is 11.9 Å². The molecule has 1 heterocycles. The molecule has 0 bridgehead atoms. The SMILES string of the molecule is CCC1CC1Nc1ncc(Br)cc1C(F)(F)F. The van der Waals surface area contributed by atoms with Crippen LogP contribution in [-0.4, -0.2) is 11.0 Å². The van der Waals surface area contributed by atoms with Gasteiger partial charge in [-0.25, -0.2) is 4.98 Å². The van der Waals surface area contributed by atoms with Gasteiger partial charge in [-0.2, -0.15) is 13.2 Å². The Balaban J connectivity index is 2.21. The van der Waals surface area contributed by atoms with E-state index in [0.29, 0.717) is 10.4 Å². The molecule has 1 aromatic rings. The minimum atomic E-state index is -4.38. The van der Waals surface area contributed by atoms with E-state index in [1.807, 2.05) is 6.92 Å². The number of alkyl halides is 3. The van der Waals surface area contributed by atoms with Crippen LogP contribution in [0.15, 0.2) is 16.7 Å². The van der Waals surface area contributed by atoms with Crippen molar-refractivity contribution in [3.63, 3.8) is 0 Å². The largest absolute Gasteiger partial charge is 0.419 e. The second-order valence-corrected chi connectivity index (χ2v) is 5.12. The Bertz CT molecular complexity index is 420. The highest BCUT2D eigenvalue weighted by Gasteiger charge is 2.39. The molecular formula is C11H12BrF3N2. The molecule has 17 heavy (non-hydrogen) atoms. The maximum atomic E-state index is 12.8. The van der Waals surface area contributed by atoms with E-state index in [1.165, 1.54) is 6.20 Å². The summed E-state index contributed by atoms with van der Waals surface area (Å²) in [5.74, 6) is 0.406. The lowest BCUT2D eigenvalue weighted by Crippen LogP contribution is -2.14. The molecule has 6 heteroatoms. The molecule has 1 aliphatic rings. The number of nitrogens with one attached hydrogen (secondary N) is 1. The Kier molecular flexibility index (Phi) is 3.34. The molecule has 94 valence electrons. The maximum Gasteiger partial charge on any atom is 0.419 e. The molecule has 0 aliphatic heterocycles. The van der Waals surface area contributed by atoms with E-state index in [2.05, 4.69) is 26.2 Å². The highest BCUT2D eigenvalue weighted by Crippen LogP contribution is 2.40. The monoisotopic (exact) mass is 308 g/mol. The number of rotatable bonds is 3. The quantitative estimate of drug-likeness (QED) is 0.910. The van der Waals surface area contributed by atoms with Crippen LogP contribution in [0.4, 0.5) is 19.0 Å². The number of aromatic nitrogens is 1. The van der Waals surface area contributed by atoms with Crippen molar-refractivity contribution in [2.45, 2.75) is 32.0 Å². The van der Waals surface area contributed by atoms with Crippen molar-refractivity contribution in [2.75, 3.05) is 5.32 Å². The van der Waals surface area contributed by atoms with E-state index < -0.39 is 11.7 Å². The molecule has 1 saturated carbocycles. The molecule has 0 spiro atoms. The first kappa shape index (κ1) is 12.7. The molecular weight excluding hydrogens is 297 g/mol. The van der Waals surface area contributed by atoms with Gasteiger partial charge >= 0.3 is 6.18 Å². The second-order valence-electron chi connectivity index (χ2n) is 4.20. The molecule has 0 aromatic carbocycles. The van der Waals surface area contributed by atoms with Gasteiger partial charge in [-0.3, -0.25) is 0 Å². The number of pyridine rings is 1. The Morgan fingerprint density at radius 1 is 1.53 bits per heavy atom. The van der Waals surface area contributed by atoms with Crippen LogP contribution in [0.1, 0.15) is 25.3 Å². The number of hydrogen-bond acceptors (Lipinski definition) is 2. The third-order valence-corrected chi connectivity index (χ3v) is 3.36. The van der Waals surface area contributed by atoms with Crippen molar-refractivity contribution in [3.05, 3.63) is 22.3 Å². The van der Waals surface area contributed by atoms with Crippen molar-refractivity contribution in [2.24, 2.45) is 5.92 Å². The second kappa shape index (κ2) is 4.48. The zero-order valence-electron chi connectivity index (χ0n) is 9.18. The summed E-state index contributed by atoms with van der Waals surface area (Å²) in [5.41, 5.74) is -0.714. The van der Waals surface area contributed by atoms with Gasteiger partial charge in [0, 0.05) is 16.7 Å². The van der Waals surface area contributed by atoms with Crippen LogP contribution in [-0.2, 0) is 6.18 Å². The van der Waals surface area contributed by atoms with Gasteiger partial charge in [0.2, 0.25) is 0 Å². The molecule has 0 saturated heterocycles. The van der Waals surface area contributed by atoms with Crippen molar-refractivity contribution >= 4 is 21.7 Å². The molecule has 2 rings (SSSR count). The lowest BCUT2D eigenvalue weighted by atomic mass is 10.2. The third-order valence-electron chi connectivity index (χ3n) is 2.93. The summed E-state index contributed by atoms with van der Waals surface area (Å²) in [7, 11) is 0. The Morgan fingerprint density at radius 2 is 2.24 bits per heavy atom. The van der Waals surface area contributed by atoms with Crippen LogP contribution < -0.4 is 5.32 Å². The Morgan fingerprint density at radius 3 is 2.76 bits per heavy atom. The van der Waals surface area contributed by atoms with Crippen LogP contribution >= 0.6 is 15.9 Å². The van der Waals surface area contributed by atoms with Crippen LogP contribution in [0.3, 0.4) is 0 Å². The molecule has 0 amide bonds. The van der Waals surface area contributed by atoms with Crippen LogP contribution in [0, 0.1) is 5.92 Å². The maximum absolute atomic E-state index is 12.8. The van der Waals surface area contributed by atoms with Crippen molar-refractivity contribution < 1.29 is 13.2 Å². The topological polar surface area (TPSA) is 24.9 Å². The van der Waals surface area contributed by atoms with Gasteiger partial charge in [0.15, 0.2) is 0 Å². The molecule has 2 nitrogen and oxygen atoms in total.